The first-order chi connectivity index (χ1) is 15.6. The van der Waals surface area contributed by atoms with Gasteiger partial charge in [-0.3, -0.25) is 0 Å². The van der Waals surface area contributed by atoms with Crippen LogP contribution in [0.3, 0.4) is 0 Å². The summed E-state index contributed by atoms with van der Waals surface area (Å²) in [5.41, 5.74) is 17.1. The molecule has 0 amide bonds. The lowest BCUT2D eigenvalue weighted by Gasteiger charge is -2.23. The largest absolute Gasteiger partial charge is 0.496 e. The Morgan fingerprint density at radius 2 is 1.94 bits per heavy atom. The van der Waals surface area contributed by atoms with Gasteiger partial charge in [-0.25, -0.2) is 4.98 Å². The van der Waals surface area contributed by atoms with Crippen LogP contribution in [0.1, 0.15) is 24.0 Å². The second-order valence-electron chi connectivity index (χ2n) is 8.18. The summed E-state index contributed by atoms with van der Waals surface area (Å²) in [6.45, 7) is 3.03. The van der Waals surface area contributed by atoms with Crippen molar-refractivity contribution in [3.8, 4) is 5.75 Å². The molecule has 1 fully saturated rings. The summed E-state index contributed by atoms with van der Waals surface area (Å²) in [6.07, 6.45) is 2.10. The van der Waals surface area contributed by atoms with Gasteiger partial charge in [-0.05, 0) is 36.6 Å². The molecule has 1 saturated heterocycles. The number of hydrogen-bond acceptors (Lipinski definition) is 7. The molecule has 5 rings (SSSR count). The first-order valence-corrected chi connectivity index (χ1v) is 10.9. The van der Waals surface area contributed by atoms with Crippen LogP contribution in [-0.2, 0) is 17.8 Å². The minimum absolute atomic E-state index is 0.177. The zero-order valence-corrected chi connectivity index (χ0v) is 18.2. The summed E-state index contributed by atoms with van der Waals surface area (Å²) < 4.78 is 13.3. The number of benzene rings is 2. The summed E-state index contributed by atoms with van der Waals surface area (Å²) in [6, 6.07) is 14.9. The molecular weight excluding hydrogens is 404 g/mol. The monoisotopic (exact) mass is 432 g/mol. The van der Waals surface area contributed by atoms with Crippen molar-refractivity contribution >= 4 is 33.7 Å². The molecule has 8 nitrogen and oxygen atoms in total. The van der Waals surface area contributed by atoms with E-state index < -0.39 is 0 Å². The molecule has 4 aromatic rings. The third-order valence-electron chi connectivity index (χ3n) is 6.14. The predicted octanol–water partition coefficient (Wildman–Crippen LogP) is 3.07. The zero-order valence-electron chi connectivity index (χ0n) is 18.2. The fourth-order valence-electron chi connectivity index (χ4n) is 4.54. The Kier molecular flexibility index (Phi) is 5.55. The smallest absolute Gasteiger partial charge is 0.222 e. The van der Waals surface area contributed by atoms with Crippen LogP contribution in [0.2, 0.25) is 0 Å². The van der Waals surface area contributed by atoms with Crippen molar-refractivity contribution in [2.24, 2.45) is 0 Å². The molecule has 2 aromatic carbocycles. The molecule has 2 aromatic heterocycles. The number of aromatic nitrogens is 3. The number of rotatable bonds is 6. The van der Waals surface area contributed by atoms with E-state index in [1.165, 1.54) is 5.56 Å². The molecule has 1 aliphatic heterocycles. The zero-order chi connectivity index (χ0) is 22.1. The van der Waals surface area contributed by atoms with E-state index in [9.17, 15) is 0 Å². The van der Waals surface area contributed by atoms with Gasteiger partial charge < -0.3 is 30.8 Å². The molecule has 1 aliphatic rings. The van der Waals surface area contributed by atoms with E-state index in [0.717, 1.165) is 65.8 Å². The van der Waals surface area contributed by atoms with E-state index in [2.05, 4.69) is 38.1 Å². The molecule has 3 heterocycles. The summed E-state index contributed by atoms with van der Waals surface area (Å²) >= 11 is 0. The van der Waals surface area contributed by atoms with Crippen LogP contribution < -0.4 is 21.5 Å². The number of hydrogen-bond donors (Lipinski definition) is 3. The highest BCUT2D eigenvalue weighted by Crippen LogP contribution is 2.33. The van der Waals surface area contributed by atoms with E-state index in [1.54, 1.807) is 7.11 Å². The van der Waals surface area contributed by atoms with E-state index in [-0.39, 0.29) is 5.95 Å². The van der Waals surface area contributed by atoms with E-state index in [0.29, 0.717) is 18.4 Å². The number of anilines is 2. The summed E-state index contributed by atoms with van der Waals surface area (Å²) in [7, 11) is 1.70. The van der Waals surface area contributed by atoms with Crippen LogP contribution in [0, 0.1) is 0 Å². The SMILES string of the molecule is COc1ccc(CNC2CCOCC2)cc1Cn1c2ccccc2c2nc(N)nc(N)c21. The Balaban J connectivity index is 1.52. The number of ether oxygens (including phenoxy) is 2. The Morgan fingerprint density at radius 3 is 2.75 bits per heavy atom. The molecule has 8 heteroatoms. The molecule has 0 bridgehead atoms. The molecule has 166 valence electrons. The van der Waals surface area contributed by atoms with E-state index >= 15 is 0 Å². The first-order valence-electron chi connectivity index (χ1n) is 10.9. The van der Waals surface area contributed by atoms with Crippen LogP contribution in [-0.4, -0.2) is 40.9 Å². The lowest BCUT2D eigenvalue weighted by Crippen LogP contribution is -2.34. The maximum atomic E-state index is 6.30. The topological polar surface area (TPSA) is 113 Å². The van der Waals surface area contributed by atoms with E-state index in [1.807, 2.05) is 24.3 Å². The van der Waals surface area contributed by atoms with Crippen LogP contribution in [0.4, 0.5) is 11.8 Å². The average molecular weight is 433 g/mol. The third kappa shape index (κ3) is 3.83. The summed E-state index contributed by atoms with van der Waals surface area (Å²) in [5.74, 6) is 1.39. The fraction of sp³-hybridized carbons (Fsp3) is 0.333. The number of para-hydroxylation sites is 1. The van der Waals surface area contributed by atoms with Gasteiger partial charge in [0.2, 0.25) is 5.95 Å². The number of fused-ring (bicyclic) bond motifs is 3. The number of nitrogens with zero attached hydrogens (tertiary/aromatic N) is 3. The number of nitrogens with one attached hydrogen (secondary N) is 1. The van der Waals surface area contributed by atoms with E-state index in [4.69, 9.17) is 20.9 Å². The highest BCUT2D eigenvalue weighted by Gasteiger charge is 2.18. The molecule has 0 saturated carbocycles. The predicted molar refractivity (Wildman–Crippen MR) is 127 cm³/mol. The molecule has 0 spiro atoms. The van der Waals surface area contributed by atoms with Crippen molar-refractivity contribution in [2.45, 2.75) is 32.0 Å². The van der Waals surface area contributed by atoms with Crippen LogP contribution >= 0.6 is 0 Å². The standard InChI is InChI=1S/C24H28N6O2/c1-31-20-7-6-15(13-27-17-8-10-32-11-9-17)12-16(20)14-30-19-5-3-2-4-18(19)21-22(30)23(25)29-24(26)28-21/h2-7,12,17,27H,8-11,13-14H2,1H3,(H4,25,26,28,29). The van der Waals surface area contributed by atoms with Gasteiger partial charge in [0, 0.05) is 36.8 Å². The highest BCUT2D eigenvalue weighted by molar-refractivity contribution is 6.09. The molecule has 0 unspecified atom stereocenters. The van der Waals surface area contributed by atoms with Gasteiger partial charge in [-0.1, -0.05) is 24.3 Å². The molecule has 0 radical (unpaired) electrons. The average Bonchev–Trinajstić information content (AvgIpc) is 3.12. The number of methoxy groups -OCH3 is 1. The van der Waals surface area contributed by atoms with Crippen molar-refractivity contribution in [2.75, 3.05) is 31.8 Å². The molecular formula is C24H28N6O2. The van der Waals surface area contributed by atoms with Crippen LogP contribution in [0.25, 0.3) is 21.9 Å². The normalized spacial score (nSPS) is 14.9. The Hall–Kier alpha value is -3.36. The maximum Gasteiger partial charge on any atom is 0.222 e. The second kappa shape index (κ2) is 8.64. The van der Waals surface area contributed by atoms with Gasteiger partial charge >= 0.3 is 0 Å². The van der Waals surface area contributed by atoms with Gasteiger partial charge in [0.05, 0.1) is 19.2 Å². The van der Waals surface area contributed by atoms with Gasteiger partial charge in [-0.2, -0.15) is 4.98 Å². The number of nitrogen functional groups attached to an aromatic ring is 2. The first kappa shape index (κ1) is 20.5. The van der Waals surface area contributed by atoms with Crippen LogP contribution in [0.15, 0.2) is 42.5 Å². The molecule has 0 atom stereocenters. The van der Waals surface area contributed by atoms with Gasteiger partial charge in [-0.15, -0.1) is 0 Å². The minimum atomic E-state index is 0.177. The van der Waals surface area contributed by atoms with Gasteiger partial charge in [0.15, 0.2) is 5.82 Å². The Morgan fingerprint density at radius 1 is 1.12 bits per heavy atom. The van der Waals surface area contributed by atoms with Crippen molar-refractivity contribution in [3.63, 3.8) is 0 Å². The molecule has 0 aliphatic carbocycles. The summed E-state index contributed by atoms with van der Waals surface area (Å²) in [5, 5.41) is 4.65. The lowest BCUT2D eigenvalue weighted by atomic mass is 10.1. The lowest BCUT2D eigenvalue weighted by molar-refractivity contribution is 0.0776. The maximum absolute atomic E-state index is 6.30. The Labute approximate surface area is 186 Å². The molecule has 5 N–H and O–H groups in total. The minimum Gasteiger partial charge on any atom is -0.496 e. The van der Waals surface area contributed by atoms with Crippen molar-refractivity contribution in [1.82, 2.24) is 19.9 Å². The van der Waals surface area contributed by atoms with Crippen molar-refractivity contribution in [3.05, 3.63) is 53.6 Å². The van der Waals surface area contributed by atoms with Crippen molar-refractivity contribution in [1.29, 1.82) is 0 Å². The summed E-state index contributed by atoms with van der Waals surface area (Å²) in [4.78, 5) is 8.70. The quantitative estimate of drug-likeness (QED) is 0.429. The molecule has 32 heavy (non-hydrogen) atoms. The number of nitrogens with two attached hydrogens (primary N) is 2. The third-order valence-corrected chi connectivity index (χ3v) is 6.14. The second-order valence-corrected chi connectivity index (χ2v) is 8.18. The highest BCUT2D eigenvalue weighted by atomic mass is 16.5. The van der Waals surface area contributed by atoms with Crippen molar-refractivity contribution < 1.29 is 9.47 Å². The fourth-order valence-corrected chi connectivity index (χ4v) is 4.54. The Bertz CT molecular complexity index is 1260. The van der Waals surface area contributed by atoms with Crippen LogP contribution in [0.5, 0.6) is 5.75 Å². The van der Waals surface area contributed by atoms with Gasteiger partial charge in [0.25, 0.3) is 0 Å². The van der Waals surface area contributed by atoms with Gasteiger partial charge in [0.1, 0.15) is 16.8 Å².